The number of anilines is 3. The van der Waals surface area contributed by atoms with Gasteiger partial charge in [-0.25, -0.2) is 0 Å². The summed E-state index contributed by atoms with van der Waals surface area (Å²) in [7, 11) is -3.66. The zero-order valence-electron chi connectivity index (χ0n) is 37.1. The first-order chi connectivity index (χ1) is 31.8. The van der Waals surface area contributed by atoms with Crippen molar-refractivity contribution in [3.05, 3.63) is 162 Å². The van der Waals surface area contributed by atoms with E-state index in [0.717, 1.165) is 44.1 Å². The van der Waals surface area contributed by atoms with Gasteiger partial charge in [0.15, 0.2) is 5.60 Å². The number of carbonyl (C=O) groups excluding carboxylic acids is 4. The van der Waals surface area contributed by atoms with E-state index in [2.05, 4.69) is 20.6 Å². The second kappa shape index (κ2) is 18.2. The minimum absolute atomic E-state index is 0.0754. The lowest BCUT2D eigenvalue weighted by Gasteiger charge is -2.31. The van der Waals surface area contributed by atoms with E-state index in [1.54, 1.807) is 53.2 Å². The maximum atomic E-state index is 16.8. The van der Waals surface area contributed by atoms with Crippen LogP contribution < -0.4 is 15.5 Å². The largest absolute Gasteiger partial charge is 0.395 e. The van der Waals surface area contributed by atoms with Gasteiger partial charge in [0, 0.05) is 75.7 Å². The van der Waals surface area contributed by atoms with Crippen molar-refractivity contribution < 1.29 is 33.1 Å². The Labute approximate surface area is 383 Å². The minimum atomic E-state index is -3.66. The summed E-state index contributed by atoms with van der Waals surface area (Å²) in [6, 6.07) is 37.6. The molecular formula is C52H53FN6O6Si. The van der Waals surface area contributed by atoms with Gasteiger partial charge in [-0.05, 0) is 77.8 Å². The number of rotatable bonds is 15. The Morgan fingerprint density at radius 2 is 1.36 bits per heavy atom. The Morgan fingerprint density at radius 3 is 1.97 bits per heavy atom. The van der Waals surface area contributed by atoms with Gasteiger partial charge < -0.3 is 44.4 Å². The van der Waals surface area contributed by atoms with Crippen molar-refractivity contribution in [3.63, 3.8) is 0 Å². The first kappa shape index (κ1) is 44.3. The maximum Gasteiger partial charge on any atom is 0.264 e. The third kappa shape index (κ3) is 8.66. The molecule has 1 fully saturated rings. The molecule has 0 bridgehead atoms. The van der Waals surface area contributed by atoms with E-state index in [0.29, 0.717) is 22.6 Å². The Hall–Kier alpha value is -6.87. The summed E-state index contributed by atoms with van der Waals surface area (Å²) in [5, 5.41) is 17.9. The number of halogens is 1. The van der Waals surface area contributed by atoms with Crippen LogP contribution >= 0.6 is 0 Å². The van der Waals surface area contributed by atoms with Gasteiger partial charge in [0.25, 0.3) is 5.91 Å². The van der Waals surface area contributed by atoms with Crippen LogP contribution in [0.25, 0.3) is 21.8 Å². The van der Waals surface area contributed by atoms with Gasteiger partial charge in [0.2, 0.25) is 26.1 Å². The standard InChI is InChI=1S/C52H53FN6O6Si/c1-33-50(66(2,3)53)46(28-49(63)58(23-24-60)31-34-11-5-4-6-12-34)65-52(33)42-27-39(57-48(62)26-37-30-55-44-16-10-8-14-41(37)44)21-22-45(42)59(51(52)64)32-35-17-19-38(20-18-35)56-47(61)25-36-29-54-43-15-9-7-13-40(36)43/h4-22,27,29-30,33,46,50,54-55,60H,23-26,28,31-32H2,1-3H3,(H,56,61)(H,57,62)/t33-,46+,50-,52+/m0/s1. The number of benzene rings is 5. The molecule has 0 radical (unpaired) electrons. The SMILES string of the molecule is C[C@H]1[C@H]([Si](C)(C)F)[C@@H](CC(=O)N(CCO)Cc2ccccc2)O[C@]12C(=O)N(Cc1ccc(NC(=O)Cc3c[nH]c4ccccc34)cc1)c1ccc(NC(=O)Cc3c[nH]c4ccccc34)cc12. The van der Waals surface area contributed by atoms with Crippen LogP contribution in [0.5, 0.6) is 0 Å². The number of fused-ring (bicyclic) bond motifs is 4. The molecule has 1 saturated heterocycles. The summed E-state index contributed by atoms with van der Waals surface area (Å²) in [5.74, 6) is -1.84. The first-order valence-electron chi connectivity index (χ1n) is 22.4. The quantitative estimate of drug-likeness (QED) is 0.0511. The van der Waals surface area contributed by atoms with E-state index in [-0.39, 0.29) is 63.2 Å². The topological polar surface area (TPSA) is 160 Å². The summed E-state index contributed by atoms with van der Waals surface area (Å²) in [4.78, 5) is 65.9. The highest BCUT2D eigenvalue weighted by atomic mass is 28.4. The van der Waals surface area contributed by atoms with Gasteiger partial charge >= 0.3 is 0 Å². The predicted octanol–water partition coefficient (Wildman–Crippen LogP) is 8.74. The monoisotopic (exact) mass is 904 g/mol. The van der Waals surface area contributed by atoms with E-state index >= 15 is 8.90 Å². The molecule has 1 spiro atoms. The third-order valence-corrected chi connectivity index (χ3v) is 15.6. The number of aromatic nitrogens is 2. The number of para-hydroxylation sites is 2. The number of aromatic amines is 2. The number of hydrogen-bond acceptors (Lipinski definition) is 6. The number of H-pyrrole nitrogens is 2. The number of amides is 4. The maximum absolute atomic E-state index is 16.8. The van der Waals surface area contributed by atoms with Crippen LogP contribution in [0.2, 0.25) is 18.6 Å². The molecule has 2 aliphatic heterocycles. The smallest absolute Gasteiger partial charge is 0.264 e. The molecule has 338 valence electrons. The highest BCUT2D eigenvalue weighted by Crippen LogP contribution is 2.60. The number of hydrogen-bond donors (Lipinski definition) is 5. The fourth-order valence-corrected chi connectivity index (χ4v) is 12.7. The van der Waals surface area contributed by atoms with Gasteiger partial charge in [-0.2, -0.15) is 0 Å². The summed E-state index contributed by atoms with van der Waals surface area (Å²) >= 11 is 0. The zero-order valence-corrected chi connectivity index (χ0v) is 38.1. The van der Waals surface area contributed by atoms with E-state index in [1.807, 2.05) is 110 Å². The van der Waals surface area contributed by atoms with Gasteiger partial charge in [-0.15, -0.1) is 0 Å². The summed E-state index contributed by atoms with van der Waals surface area (Å²) in [5.41, 5.74) is 4.89. The molecule has 4 atom stereocenters. The lowest BCUT2D eigenvalue weighted by Crippen LogP contribution is -2.45. The van der Waals surface area contributed by atoms with E-state index < -0.39 is 37.5 Å². The summed E-state index contributed by atoms with van der Waals surface area (Å²) in [6.07, 6.45) is 2.81. The van der Waals surface area contributed by atoms with Gasteiger partial charge in [0.05, 0.1) is 44.2 Å². The highest BCUT2D eigenvalue weighted by Gasteiger charge is 2.67. The molecule has 5 N–H and O–H groups in total. The Balaban J connectivity index is 1.00. The van der Waals surface area contributed by atoms with Gasteiger partial charge in [0.1, 0.15) is 0 Å². The Bertz CT molecular complexity index is 2930. The normalized spacial score (nSPS) is 19.1. The lowest BCUT2D eigenvalue weighted by atomic mass is 9.82. The molecule has 9 rings (SSSR count). The lowest BCUT2D eigenvalue weighted by molar-refractivity contribution is -0.150. The summed E-state index contributed by atoms with van der Waals surface area (Å²) in [6.45, 7) is 5.20. The highest BCUT2D eigenvalue weighted by molar-refractivity contribution is 6.72. The fraction of sp³-hybridized carbons (Fsp3) is 0.269. The Morgan fingerprint density at radius 1 is 0.788 bits per heavy atom. The van der Waals surface area contributed by atoms with Crippen molar-refractivity contribution in [1.29, 1.82) is 0 Å². The molecule has 4 heterocycles. The van der Waals surface area contributed by atoms with Crippen LogP contribution in [-0.2, 0) is 55.4 Å². The molecule has 5 aromatic carbocycles. The average molecular weight is 905 g/mol. The molecule has 4 amide bonds. The Kier molecular flexibility index (Phi) is 12.2. The van der Waals surface area contributed by atoms with Crippen molar-refractivity contribution in [1.82, 2.24) is 14.9 Å². The minimum Gasteiger partial charge on any atom is -0.395 e. The van der Waals surface area contributed by atoms with Crippen molar-refractivity contribution in [2.24, 2.45) is 5.92 Å². The van der Waals surface area contributed by atoms with Crippen LogP contribution in [0, 0.1) is 5.92 Å². The molecule has 0 saturated carbocycles. The average Bonchev–Trinajstić information content (AvgIpc) is 4.04. The molecule has 66 heavy (non-hydrogen) atoms. The molecule has 7 aromatic rings. The van der Waals surface area contributed by atoms with Crippen molar-refractivity contribution in [2.45, 2.75) is 69.6 Å². The number of ether oxygens (including phenoxy) is 1. The summed E-state index contributed by atoms with van der Waals surface area (Å²) < 4.78 is 23.8. The van der Waals surface area contributed by atoms with E-state index in [4.69, 9.17) is 4.74 Å². The van der Waals surface area contributed by atoms with Crippen LogP contribution in [-0.4, -0.2) is 71.3 Å². The van der Waals surface area contributed by atoms with Crippen LogP contribution in [0.15, 0.2) is 134 Å². The molecule has 12 nitrogen and oxygen atoms in total. The molecule has 0 aliphatic carbocycles. The molecule has 2 aromatic heterocycles. The van der Waals surface area contributed by atoms with Gasteiger partial charge in [-0.1, -0.05) is 85.8 Å². The molecule has 2 aliphatic rings. The molecule has 0 unspecified atom stereocenters. The van der Waals surface area contributed by atoms with Crippen LogP contribution in [0.3, 0.4) is 0 Å². The van der Waals surface area contributed by atoms with Crippen molar-refractivity contribution in [2.75, 3.05) is 28.7 Å². The number of aliphatic hydroxyl groups is 1. The molecule has 14 heteroatoms. The molecular weight excluding hydrogens is 852 g/mol. The fourth-order valence-electron chi connectivity index (χ4n) is 10.2. The second-order valence-corrected chi connectivity index (χ2v) is 21.8. The zero-order chi connectivity index (χ0) is 46.2. The van der Waals surface area contributed by atoms with Crippen LogP contribution in [0.4, 0.5) is 21.2 Å². The number of carbonyl (C=O) groups is 4. The number of nitrogens with one attached hydrogen (secondary N) is 4. The van der Waals surface area contributed by atoms with Crippen LogP contribution in [0.1, 0.15) is 41.2 Å². The number of nitrogens with zero attached hydrogens (tertiary/aromatic N) is 2. The van der Waals surface area contributed by atoms with E-state index in [9.17, 15) is 19.5 Å². The predicted molar refractivity (Wildman–Crippen MR) is 257 cm³/mol. The van der Waals surface area contributed by atoms with Crippen molar-refractivity contribution >= 4 is 70.9 Å². The van der Waals surface area contributed by atoms with E-state index in [1.165, 1.54) is 0 Å². The van der Waals surface area contributed by atoms with Gasteiger partial charge in [-0.3, -0.25) is 19.2 Å². The first-order valence-corrected chi connectivity index (χ1v) is 25.3. The third-order valence-electron chi connectivity index (χ3n) is 13.2. The number of aliphatic hydroxyl groups excluding tert-OH is 1. The van der Waals surface area contributed by atoms with Crippen molar-refractivity contribution in [3.8, 4) is 0 Å². The second-order valence-electron chi connectivity index (χ2n) is 18.0.